The zero-order chi connectivity index (χ0) is 11.4. The van der Waals surface area contributed by atoms with Crippen molar-refractivity contribution in [2.24, 2.45) is 11.7 Å². The molecule has 3 unspecified atom stereocenters. The molecule has 0 saturated carbocycles. The second-order valence-electron chi connectivity index (χ2n) is 4.61. The maximum atomic E-state index is 11.8. The van der Waals surface area contributed by atoms with Gasteiger partial charge in [-0.2, -0.15) is 0 Å². The topological polar surface area (TPSA) is 64.4 Å². The van der Waals surface area contributed by atoms with Gasteiger partial charge >= 0.3 is 0 Å². The van der Waals surface area contributed by atoms with Crippen LogP contribution in [0.25, 0.3) is 0 Å². The van der Waals surface area contributed by atoms with E-state index < -0.39 is 0 Å². The number of rotatable bonds is 4. The Morgan fingerprint density at radius 2 is 2.20 bits per heavy atom. The second kappa shape index (κ2) is 5.47. The largest absolute Gasteiger partial charge is 0.365 e. The third kappa shape index (κ3) is 3.47. The molecule has 15 heavy (non-hydrogen) atoms. The summed E-state index contributed by atoms with van der Waals surface area (Å²) in [6.07, 6.45) is 1.72. The maximum absolute atomic E-state index is 11.8. The predicted molar refractivity (Wildman–Crippen MR) is 59.4 cm³/mol. The number of carbonyl (C=O) groups excluding carboxylic acids is 1. The fraction of sp³-hybridized carbons (Fsp3) is 0.909. The molecule has 3 N–H and O–H groups in total. The normalized spacial score (nSPS) is 28.1. The van der Waals surface area contributed by atoms with Crippen molar-refractivity contribution in [2.75, 3.05) is 6.54 Å². The lowest BCUT2D eigenvalue weighted by Crippen LogP contribution is -2.47. The second-order valence-corrected chi connectivity index (χ2v) is 4.61. The van der Waals surface area contributed by atoms with Crippen LogP contribution in [0.15, 0.2) is 0 Å². The van der Waals surface area contributed by atoms with Crippen LogP contribution in [-0.4, -0.2) is 30.7 Å². The van der Waals surface area contributed by atoms with Crippen molar-refractivity contribution in [3.63, 3.8) is 0 Å². The lowest BCUT2D eigenvalue weighted by atomic mass is 10.0. The van der Waals surface area contributed by atoms with Gasteiger partial charge in [0.15, 0.2) is 0 Å². The van der Waals surface area contributed by atoms with Crippen molar-refractivity contribution in [1.29, 1.82) is 0 Å². The maximum Gasteiger partial charge on any atom is 0.249 e. The first-order valence-corrected chi connectivity index (χ1v) is 5.70. The Morgan fingerprint density at radius 1 is 1.53 bits per heavy atom. The van der Waals surface area contributed by atoms with Crippen molar-refractivity contribution in [3.8, 4) is 0 Å². The standard InChI is InChI=1S/C11H22N2O2/c1-7(2)9(6-12)13-11(14)10-5-4-8(3)15-10/h7-10H,4-6,12H2,1-3H3,(H,13,14). The van der Waals surface area contributed by atoms with Gasteiger partial charge in [-0.3, -0.25) is 4.79 Å². The Kier molecular flexibility index (Phi) is 4.54. The third-order valence-corrected chi connectivity index (χ3v) is 2.91. The summed E-state index contributed by atoms with van der Waals surface area (Å²) in [7, 11) is 0. The summed E-state index contributed by atoms with van der Waals surface area (Å²) in [6.45, 7) is 6.58. The Balaban J connectivity index is 2.40. The van der Waals surface area contributed by atoms with E-state index in [0.717, 1.165) is 12.8 Å². The number of amides is 1. The lowest BCUT2D eigenvalue weighted by molar-refractivity contribution is -0.132. The summed E-state index contributed by atoms with van der Waals surface area (Å²) in [5.41, 5.74) is 5.59. The summed E-state index contributed by atoms with van der Waals surface area (Å²) >= 11 is 0. The van der Waals surface area contributed by atoms with E-state index in [9.17, 15) is 4.79 Å². The highest BCUT2D eigenvalue weighted by molar-refractivity contribution is 5.81. The molecule has 0 radical (unpaired) electrons. The van der Waals surface area contributed by atoms with Gasteiger partial charge in [0.2, 0.25) is 5.91 Å². The molecule has 0 aromatic carbocycles. The smallest absolute Gasteiger partial charge is 0.249 e. The fourth-order valence-corrected chi connectivity index (χ4v) is 1.77. The Hall–Kier alpha value is -0.610. The van der Waals surface area contributed by atoms with Crippen LogP contribution in [0.5, 0.6) is 0 Å². The van der Waals surface area contributed by atoms with E-state index in [1.54, 1.807) is 0 Å². The summed E-state index contributed by atoms with van der Waals surface area (Å²) in [4.78, 5) is 11.8. The number of hydrogen-bond donors (Lipinski definition) is 2. The Labute approximate surface area is 91.5 Å². The van der Waals surface area contributed by atoms with Crippen LogP contribution in [-0.2, 0) is 9.53 Å². The first-order valence-electron chi connectivity index (χ1n) is 5.70. The number of nitrogens with one attached hydrogen (secondary N) is 1. The van der Waals surface area contributed by atoms with Gasteiger partial charge in [-0.15, -0.1) is 0 Å². The molecule has 1 aliphatic rings. The zero-order valence-corrected chi connectivity index (χ0v) is 9.82. The minimum Gasteiger partial charge on any atom is -0.365 e. The molecule has 1 saturated heterocycles. The highest BCUT2D eigenvalue weighted by Crippen LogP contribution is 2.19. The van der Waals surface area contributed by atoms with Crippen molar-refractivity contribution in [1.82, 2.24) is 5.32 Å². The van der Waals surface area contributed by atoms with Gasteiger partial charge in [0.05, 0.1) is 6.10 Å². The number of nitrogens with two attached hydrogens (primary N) is 1. The molecule has 0 bridgehead atoms. The summed E-state index contributed by atoms with van der Waals surface area (Å²) in [5, 5.41) is 2.94. The van der Waals surface area contributed by atoms with Gasteiger partial charge in [-0.05, 0) is 25.7 Å². The minimum absolute atomic E-state index is 0.0106. The van der Waals surface area contributed by atoms with E-state index in [-0.39, 0.29) is 24.2 Å². The number of hydrogen-bond acceptors (Lipinski definition) is 3. The fourth-order valence-electron chi connectivity index (χ4n) is 1.77. The van der Waals surface area contributed by atoms with Gasteiger partial charge in [-0.1, -0.05) is 13.8 Å². The quantitative estimate of drug-likeness (QED) is 0.722. The average Bonchev–Trinajstić information content (AvgIpc) is 2.60. The van der Waals surface area contributed by atoms with Crippen LogP contribution in [0.1, 0.15) is 33.6 Å². The highest BCUT2D eigenvalue weighted by Gasteiger charge is 2.29. The molecule has 4 nitrogen and oxygen atoms in total. The first-order chi connectivity index (χ1) is 7.04. The molecule has 1 fully saturated rings. The zero-order valence-electron chi connectivity index (χ0n) is 9.82. The van der Waals surface area contributed by atoms with E-state index in [2.05, 4.69) is 19.2 Å². The average molecular weight is 214 g/mol. The van der Waals surface area contributed by atoms with Gasteiger partial charge in [0.25, 0.3) is 0 Å². The third-order valence-electron chi connectivity index (χ3n) is 2.91. The highest BCUT2D eigenvalue weighted by atomic mass is 16.5. The molecular weight excluding hydrogens is 192 g/mol. The predicted octanol–water partition coefficient (Wildman–Crippen LogP) is 0.653. The number of ether oxygens (including phenoxy) is 1. The van der Waals surface area contributed by atoms with Crippen molar-refractivity contribution in [3.05, 3.63) is 0 Å². The Morgan fingerprint density at radius 3 is 2.60 bits per heavy atom. The van der Waals surface area contributed by atoms with Gasteiger partial charge in [-0.25, -0.2) is 0 Å². The van der Waals surface area contributed by atoms with Crippen molar-refractivity contribution < 1.29 is 9.53 Å². The molecule has 1 aliphatic heterocycles. The molecular formula is C11H22N2O2. The minimum atomic E-state index is -0.271. The van der Waals surface area contributed by atoms with Crippen LogP contribution in [0.3, 0.4) is 0 Å². The van der Waals surface area contributed by atoms with Gasteiger partial charge < -0.3 is 15.8 Å². The molecule has 0 aliphatic carbocycles. The molecule has 88 valence electrons. The van der Waals surface area contributed by atoms with Crippen molar-refractivity contribution >= 4 is 5.91 Å². The lowest BCUT2D eigenvalue weighted by Gasteiger charge is -2.22. The van der Waals surface area contributed by atoms with Crippen LogP contribution >= 0.6 is 0 Å². The summed E-state index contributed by atoms with van der Waals surface area (Å²) in [6, 6.07) is 0.0528. The number of carbonyl (C=O) groups is 1. The molecule has 0 aromatic heterocycles. The van der Waals surface area contributed by atoms with E-state index in [4.69, 9.17) is 10.5 Å². The first kappa shape index (κ1) is 12.5. The molecule has 3 atom stereocenters. The molecule has 0 spiro atoms. The molecule has 0 aromatic rings. The molecule has 4 heteroatoms. The Bertz CT molecular complexity index is 219. The van der Waals surface area contributed by atoms with Gasteiger partial charge in [0.1, 0.15) is 6.10 Å². The van der Waals surface area contributed by atoms with E-state index in [0.29, 0.717) is 12.5 Å². The monoisotopic (exact) mass is 214 g/mol. The van der Waals surface area contributed by atoms with Crippen LogP contribution < -0.4 is 11.1 Å². The molecule has 1 rings (SSSR count). The van der Waals surface area contributed by atoms with E-state index in [1.165, 1.54) is 0 Å². The SMILES string of the molecule is CC1CCC(C(=O)NC(CN)C(C)C)O1. The van der Waals surface area contributed by atoms with E-state index >= 15 is 0 Å². The van der Waals surface area contributed by atoms with Crippen LogP contribution in [0.4, 0.5) is 0 Å². The summed E-state index contributed by atoms with van der Waals surface area (Å²) in [5.74, 6) is 0.348. The van der Waals surface area contributed by atoms with E-state index in [1.807, 2.05) is 6.92 Å². The van der Waals surface area contributed by atoms with Crippen molar-refractivity contribution in [2.45, 2.75) is 51.9 Å². The van der Waals surface area contributed by atoms with Crippen LogP contribution in [0.2, 0.25) is 0 Å². The molecule has 1 heterocycles. The summed E-state index contributed by atoms with van der Waals surface area (Å²) < 4.78 is 5.50. The molecule has 1 amide bonds. The van der Waals surface area contributed by atoms with Gasteiger partial charge in [0, 0.05) is 12.6 Å². The van der Waals surface area contributed by atoms with Crippen LogP contribution in [0, 0.1) is 5.92 Å².